The number of aromatic nitrogens is 3. The molecule has 2 N–H and O–H groups in total. The fourth-order valence-electron chi connectivity index (χ4n) is 1.61. The first-order chi connectivity index (χ1) is 6.84. The van der Waals surface area contributed by atoms with Gasteiger partial charge in [0.25, 0.3) is 0 Å². The second-order valence-electron chi connectivity index (χ2n) is 3.63. The Kier molecular flexibility index (Phi) is 3.42. The van der Waals surface area contributed by atoms with Gasteiger partial charge in [-0.1, -0.05) is 0 Å². The lowest BCUT2D eigenvalue weighted by Crippen LogP contribution is -2.33. The Morgan fingerprint density at radius 3 is 3.21 bits per heavy atom. The Hall–Kier alpha value is -0.550. The van der Waals surface area contributed by atoms with E-state index in [4.69, 9.17) is 0 Å². The van der Waals surface area contributed by atoms with Gasteiger partial charge in [-0.15, -0.1) is 0 Å². The van der Waals surface area contributed by atoms with Crippen LogP contribution >= 0.6 is 11.8 Å². The normalized spacial score (nSPS) is 22.5. The molecule has 78 valence electrons. The summed E-state index contributed by atoms with van der Waals surface area (Å²) in [7, 11) is 0. The third-order valence-corrected chi connectivity index (χ3v) is 3.57. The molecule has 14 heavy (non-hydrogen) atoms. The predicted molar refractivity (Wildman–Crippen MR) is 58.3 cm³/mol. The van der Waals surface area contributed by atoms with E-state index in [-0.39, 0.29) is 0 Å². The number of hydrogen-bond acceptors (Lipinski definition) is 4. The Balaban J connectivity index is 1.76. The SMILES string of the molecule is Cc1nc(CNC2CCCSC2)n[nH]1. The lowest BCUT2D eigenvalue weighted by molar-refractivity contribution is 0.499. The maximum absolute atomic E-state index is 4.26. The highest BCUT2D eigenvalue weighted by Crippen LogP contribution is 2.16. The molecule has 1 fully saturated rings. The van der Waals surface area contributed by atoms with Crippen molar-refractivity contribution in [3.05, 3.63) is 11.6 Å². The van der Waals surface area contributed by atoms with Crippen LogP contribution in [0.25, 0.3) is 0 Å². The van der Waals surface area contributed by atoms with Crippen molar-refractivity contribution in [2.75, 3.05) is 11.5 Å². The summed E-state index contributed by atoms with van der Waals surface area (Å²) in [5.41, 5.74) is 0. The number of H-pyrrole nitrogens is 1. The van der Waals surface area contributed by atoms with Gasteiger partial charge < -0.3 is 5.32 Å². The minimum atomic E-state index is 0.646. The summed E-state index contributed by atoms with van der Waals surface area (Å²) < 4.78 is 0. The molecular weight excluding hydrogens is 196 g/mol. The van der Waals surface area contributed by atoms with Gasteiger partial charge in [0.1, 0.15) is 5.82 Å². The van der Waals surface area contributed by atoms with Gasteiger partial charge in [0.2, 0.25) is 0 Å². The van der Waals surface area contributed by atoms with Crippen LogP contribution in [0.3, 0.4) is 0 Å². The summed E-state index contributed by atoms with van der Waals surface area (Å²) in [6.07, 6.45) is 2.62. The van der Waals surface area contributed by atoms with Crippen molar-refractivity contribution in [2.24, 2.45) is 0 Å². The molecule has 1 unspecified atom stereocenters. The summed E-state index contributed by atoms with van der Waals surface area (Å²) in [6.45, 7) is 2.71. The average Bonchev–Trinajstić information content (AvgIpc) is 2.63. The van der Waals surface area contributed by atoms with Crippen LogP contribution in [0, 0.1) is 6.92 Å². The first-order valence-corrected chi connectivity index (χ1v) is 6.19. The fourth-order valence-corrected chi connectivity index (χ4v) is 2.71. The molecule has 1 saturated heterocycles. The first kappa shape index (κ1) is 9.98. The van der Waals surface area contributed by atoms with Crippen molar-refractivity contribution in [2.45, 2.75) is 32.4 Å². The predicted octanol–water partition coefficient (Wildman–Crippen LogP) is 1.10. The van der Waals surface area contributed by atoms with Gasteiger partial charge in [-0.05, 0) is 25.5 Å². The highest BCUT2D eigenvalue weighted by atomic mass is 32.2. The van der Waals surface area contributed by atoms with E-state index in [1.54, 1.807) is 0 Å². The molecule has 0 bridgehead atoms. The maximum atomic E-state index is 4.26. The maximum Gasteiger partial charge on any atom is 0.164 e. The molecule has 4 nitrogen and oxygen atoms in total. The van der Waals surface area contributed by atoms with Gasteiger partial charge in [-0.25, -0.2) is 4.98 Å². The van der Waals surface area contributed by atoms with Gasteiger partial charge in [0.05, 0.1) is 6.54 Å². The van der Waals surface area contributed by atoms with E-state index < -0.39 is 0 Å². The molecule has 2 heterocycles. The molecule has 0 amide bonds. The van der Waals surface area contributed by atoms with Crippen LogP contribution < -0.4 is 5.32 Å². The van der Waals surface area contributed by atoms with Crippen LogP contribution in [-0.4, -0.2) is 32.7 Å². The largest absolute Gasteiger partial charge is 0.306 e. The molecule has 0 saturated carbocycles. The molecule has 0 aliphatic carbocycles. The van der Waals surface area contributed by atoms with Gasteiger partial charge in [-0.2, -0.15) is 16.9 Å². The zero-order chi connectivity index (χ0) is 9.80. The smallest absolute Gasteiger partial charge is 0.164 e. The number of nitrogens with one attached hydrogen (secondary N) is 2. The standard InChI is InChI=1S/C9H16N4S/c1-7-11-9(13-12-7)5-10-8-3-2-4-14-6-8/h8,10H,2-6H2,1H3,(H,11,12,13). The van der Waals surface area contributed by atoms with E-state index in [0.717, 1.165) is 18.2 Å². The van der Waals surface area contributed by atoms with Crippen LogP contribution in [-0.2, 0) is 6.54 Å². The van der Waals surface area contributed by atoms with Crippen LogP contribution in [0.15, 0.2) is 0 Å². The van der Waals surface area contributed by atoms with E-state index in [0.29, 0.717) is 6.04 Å². The zero-order valence-electron chi connectivity index (χ0n) is 8.42. The molecule has 1 aromatic heterocycles. The Morgan fingerprint density at radius 1 is 1.64 bits per heavy atom. The van der Waals surface area contributed by atoms with Gasteiger partial charge in [0.15, 0.2) is 5.82 Å². The van der Waals surface area contributed by atoms with Crippen molar-refractivity contribution in [3.63, 3.8) is 0 Å². The molecule has 0 radical (unpaired) electrons. The van der Waals surface area contributed by atoms with Crippen molar-refractivity contribution >= 4 is 11.8 Å². The second-order valence-corrected chi connectivity index (χ2v) is 4.78. The van der Waals surface area contributed by atoms with Crippen LogP contribution in [0.4, 0.5) is 0 Å². The fraction of sp³-hybridized carbons (Fsp3) is 0.778. The molecule has 0 spiro atoms. The van der Waals surface area contributed by atoms with Crippen molar-refractivity contribution in [3.8, 4) is 0 Å². The molecule has 1 aliphatic rings. The third-order valence-electron chi connectivity index (χ3n) is 2.35. The first-order valence-electron chi connectivity index (χ1n) is 5.03. The highest BCUT2D eigenvalue weighted by Gasteiger charge is 2.13. The average molecular weight is 212 g/mol. The van der Waals surface area contributed by atoms with Crippen LogP contribution in [0.5, 0.6) is 0 Å². The number of thioether (sulfide) groups is 1. The summed E-state index contributed by atoms with van der Waals surface area (Å²) >= 11 is 2.03. The van der Waals surface area contributed by atoms with Crippen molar-refractivity contribution < 1.29 is 0 Å². The number of nitrogens with zero attached hydrogens (tertiary/aromatic N) is 2. The molecule has 2 rings (SSSR count). The lowest BCUT2D eigenvalue weighted by Gasteiger charge is -2.21. The van der Waals surface area contributed by atoms with Crippen LogP contribution in [0.2, 0.25) is 0 Å². The molecule has 1 aliphatic heterocycles. The third kappa shape index (κ3) is 2.72. The van der Waals surface area contributed by atoms with Gasteiger partial charge in [-0.3, -0.25) is 5.10 Å². The van der Waals surface area contributed by atoms with E-state index in [1.807, 2.05) is 18.7 Å². The van der Waals surface area contributed by atoms with E-state index in [2.05, 4.69) is 20.5 Å². The molecule has 0 aromatic carbocycles. The lowest BCUT2D eigenvalue weighted by atomic mass is 10.2. The second kappa shape index (κ2) is 4.79. The Labute approximate surface area is 88.3 Å². The van der Waals surface area contributed by atoms with Gasteiger partial charge in [0, 0.05) is 11.8 Å². The number of aromatic amines is 1. The summed E-state index contributed by atoms with van der Waals surface area (Å²) in [4.78, 5) is 4.26. The van der Waals surface area contributed by atoms with E-state index in [9.17, 15) is 0 Å². The minimum Gasteiger partial charge on any atom is -0.306 e. The number of aryl methyl sites for hydroxylation is 1. The van der Waals surface area contributed by atoms with Crippen LogP contribution in [0.1, 0.15) is 24.5 Å². The zero-order valence-corrected chi connectivity index (χ0v) is 9.23. The summed E-state index contributed by atoms with van der Waals surface area (Å²) in [5.74, 6) is 4.30. The molecular formula is C9H16N4S. The number of hydrogen-bond donors (Lipinski definition) is 2. The topological polar surface area (TPSA) is 53.6 Å². The Morgan fingerprint density at radius 2 is 2.57 bits per heavy atom. The monoisotopic (exact) mass is 212 g/mol. The molecule has 5 heteroatoms. The quantitative estimate of drug-likeness (QED) is 0.788. The van der Waals surface area contributed by atoms with Crippen molar-refractivity contribution in [1.29, 1.82) is 0 Å². The van der Waals surface area contributed by atoms with E-state index in [1.165, 1.54) is 24.3 Å². The van der Waals surface area contributed by atoms with Gasteiger partial charge >= 0.3 is 0 Å². The minimum absolute atomic E-state index is 0.646. The summed E-state index contributed by atoms with van der Waals surface area (Å²) in [6, 6.07) is 0.646. The number of rotatable bonds is 3. The molecule has 1 atom stereocenters. The Bertz CT molecular complexity index is 280. The van der Waals surface area contributed by atoms with E-state index >= 15 is 0 Å². The highest BCUT2D eigenvalue weighted by molar-refractivity contribution is 7.99. The van der Waals surface area contributed by atoms with Crippen molar-refractivity contribution in [1.82, 2.24) is 20.5 Å². The molecule has 1 aromatic rings. The summed E-state index contributed by atoms with van der Waals surface area (Å²) in [5, 5.41) is 10.4.